The Hall–Kier alpha value is -6.12. The SMILES string of the molecule is c1ccc(-n2c3ccccc3c3ccc(-c4ccc(N(c5ccc6c(c5)[se]c5ccccc56)c5cccc6c5Cc5ccccc5-6)cc4)cc32)cc1. The fourth-order valence-corrected chi connectivity index (χ4v) is 10.8. The molecule has 0 radical (unpaired) electrons. The van der Waals surface area contributed by atoms with Gasteiger partial charge in [-0.3, -0.25) is 0 Å². The van der Waals surface area contributed by atoms with Gasteiger partial charge in [0, 0.05) is 11.1 Å². The molecule has 2 aromatic heterocycles. The van der Waals surface area contributed by atoms with E-state index in [9.17, 15) is 0 Å². The van der Waals surface area contributed by atoms with Crippen LogP contribution in [0.4, 0.5) is 17.1 Å². The summed E-state index contributed by atoms with van der Waals surface area (Å²) in [5.74, 6) is 0. The molecule has 0 unspecified atom stereocenters. The maximum atomic E-state index is 2.49. The molecule has 2 heterocycles. The van der Waals surface area contributed by atoms with Crippen molar-refractivity contribution in [3.8, 4) is 27.9 Å². The van der Waals surface area contributed by atoms with Crippen molar-refractivity contribution in [3.05, 3.63) is 193 Å². The molecule has 0 N–H and O–H groups in total. The van der Waals surface area contributed by atoms with E-state index < -0.39 is 0 Å². The summed E-state index contributed by atoms with van der Waals surface area (Å²) in [5, 5.41) is 5.31. The predicted octanol–water partition coefficient (Wildman–Crippen LogP) is 12.9. The molecule has 0 bridgehead atoms. The van der Waals surface area contributed by atoms with E-state index in [0.717, 1.165) is 12.1 Å². The van der Waals surface area contributed by atoms with E-state index >= 15 is 0 Å². The number of anilines is 3. The Bertz CT molecular complexity index is 2990. The van der Waals surface area contributed by atoms with Crippen molar-refractivity contribution in [3.63, 3.8) is 0 Å². The van der Waals surface area contributed by atoms with Crippen molar-refractivity contribution in [2.75, 3.05) is 4.90 Å². The minimum absolute atomic E-state index is 0.285. The number of para-hydroxylation sites is 2. The van der Waals surface area contributed by atoms with Crippen LogP contribution in [0.3, 0.4) is 0 Å². The first-order valence-electron chi connectivity index (χ1n) is 17.9. The standard InChI is InChI=1S/C49H32N2Se/c1-2-12-35(13-3-1)51-45-18-8-6-15-40(45)41-27-23-33(30-47(41)51)32-21-24-36(25-22-32)50(37-26-28-43-42-16-7-9-20-48(42)52-49(43)31-37)46-19-10-17-39-38-14-5-4-11-34(38)29-44(39)46/h1-28,30-31H,29H2. The molecular weight excluding hydrogens is 696 g/mol. The van der Waals surface area contributed by atoms with Gasteiger partial charge in [-0.1, -0.05) is 36.4 Å². The van der Waals surface area contributed by atoms with Crippen LogP contribution in [0.1, 0.15) is 11.1 Å². The van der Waals surface area contributed by atoms with E-state index in [4.69, 9.17) is 0 Å². The maximum absolute atomic E-state index is 2.49. The largest absolute Gasteiger partial charge is 0.0602 e. The van der Waals surface area contributed by atoms with Crippen molar-refractivity contribution < 1.29 is 0 Å². The van der Waals surface area contributed by atoms with Gasteiger partial charge in [-0.2, -0.15) is 0 Å². The van der Waals surface area contributed by atoms with Gasteiger partial charge in [0.2, 0.25) is 0 Å². The molecule has 52 heavy (non-hydrogen) atoms. The second kappa shape index (κ2) is 11.7. The van der Waals surface area contributed by atoms with Gasteiger partial charge in [0.05, 0.1) is 5.52 Å². The number of hydrogen-bond acceptors (Lipinski definition) is 1. The van der Waals surface area contributed by atoms with Gasteiger partial charge in [-0.15, -0.1) is 0 Å². The van der Waals surface area contributed by atoms with Crippen LogP contribution in [0.2, 0.25) is 0 Å². The van der Waals surface area contributed by atoms with Crippen molar-refractivity contribution in [1.29, 1.82) is 0 Å². The van der Waals surface area contributed by atoms with Crippen LogP contribution in [0.5, 0.6) is 0 Å². The first kappa shape index (κ1) is 29.6. The average Bonchev–Trinajstić information content (AvgIpc) is 3.88. The Morgan fingerprint density at radius 1 is 0.442 bits per heavy atom. The molecule has 0 amide bonds. The minimum Gasteiger partial charge on any atom is -0.0602 e. The normalized spacial score (nSPS) is 12.2. The first-order valence-corrected chi connectivity index (χ1v) is 19.6. The third-order valence-corrected chi connectivity index (χ3v) is 13.2. The molecule has 0 fully saturated rings. The molecule has 3 heteroatoms. The monoisotopic (exact) mass is 728 g/mol. The molecule has 1 aliphatic rings. The molecule has 0 aliphatic heterocycles. The van der Waals surface area contributed by atoms with Gasteiger partial charge in [-0.05, 0) is 18.2 Å². The molecule has 0 atom stereocenters. The van der Waals surface area contributed by atoms with E-state index in [-0.39, 0.29) is 14.5 Å². The number of fused-ring (bicyclic) bond motifs is 9. The zero-order valence-corrected chi connectivity index (χ0v) is 30.0. The predicted molar refractivity (Wildman–Crippen MR) is 221 cm³/mol. The fraction of sp³-hybridized carbons (Fsp3) is 0.0204. The summed E-state index contributed by atoms with van der Waals surface area (Å²) in [4.78, 5) is 2.49. The van der Waals surface area contributed by atoms with E-state index in [1.165, 1.54) is 91.5 Å². The maximum Gasteiger partial charge on any atom is -0.0380 e. The third-order valence-electron chi connectivity index (χ3n) is 10.8. The summed E-state index contributed by atoms with van der Waals surface area (Å²) in [7, 11) is 0. The molecule has 244 valence electrons. The zero-order valence-electron chi connectivity index (χ0n) is 28.3. The van der Waals surface area contributed by atoms with Crippen molar-refractivity contribution in [2.24, 2.45) is 0 Å². The Labute approximate surface area is 308 Å². The van der Waals surface area contributed by atoms with Crippen LogP contribution in [0.25, 0.3) is 69.0 Å². The first-order chi connectivity index (χ1) is 25.8. The van der Waals surface area contributed by atoms with E-state index in [1.54, 1.807) is 0 Å². The summed E-state index contributed by atoms with van der Waals surface area (Å²) >= 11 is 0.285. The number of aromatic nitrogens is 1. The molecule has 8 aromatic carbocycles. The van der Waals surface area contributed by atoms with Crippen LogP contribution in [-0.2, 0) is 6.42 Å². The Morgan fingerprint density at radius 2 is 1.12 bits per heavy atom. The smallest absolute Gasteiger partial charge is 0.0380 e. The van der Waals surface area contributed by atoms with Crippen molar-refractivity contribution in [2.45, 2.75) is 6.42 Å². The average molecular weight is 728 g/mol. The molecule has 0 saturated heterocycles. The summed E-state index contributed by atoms with van der Waals surface area (Å²) < 4.78 is 5.31. The number of hydrogen-bond donors (Lipinski definition) is 0. The van der Waals surface area contributed by atoms with Gasteiger partial charge < -0.3 is 0 Å². The molecule has 10 aromatic rings. The van der Waals surface area contributed by atoms with Gasteiger partial charge in [0.25, 0.3) is 0 Å². The van der Waals surface area contributed by atoms with Gasteiger partial charge in [-0.25, -0.2) is 0 Å². The topological polar surface area (TPSA) is 8.17 Å². The van der Waals surface area contributed by atoms with Gasteiger partial charge in [0.15, 0.2) is 0 Å². The molecule has 2 nitrogen and oxygen atoms in total. The Balaban J connectivity index is 1.06. The summed E-state index contributed by atoms with van der Waals surface area (Å²) in [5.41, 5.74) is 15.1. The quantitative estimate of drug-likeness (QED) is 0.160. The fourth-order valence-electron chi connectivity index (χ4n) is 8.44. The van der Waals surface area contributed by atoms with Crippen LogP contribution >= 0.6 is 0 Å². The van der Waals surface area contributed by atoms with Crippen molar-refractivity contribution >= 4 is 72.7 Å². The second-order valence-corrected chi connectivity index (χ2v) is 16.0. The number of nitrogens with zero attached hydrogens (tertiary/aromatic N) is 2. The van der Waals surface area contributed by atoms with E-state index in [0.29, 0.717) is 0 Å². The van der Waals surface area contributed by atoms with Crippen LogP contribution in [-0.4, -0.2) is 19.1 Å². The summed E-state index contributed by atoms with van der Waals surface area (Å²) in [6.45, 7) is 0. The number of rotatable bonds is 5. The van der Waals surface area contributed by atoms with Gasteiger partial charge in [0.1, 0.15) is 0 Å². The minimum atomic E-state index is 0.285. The van der Waals surface area contributed by atoms with E-state index in [1.807, 2.05) is 0 Å². The summed E-state index contributed by atoms with van der Waals surface area (Å²) in [6.07, 6.45) is 0.937. The third kappa shape index (κ3) is 4.57. The molecule has 0 saturated carbocycles. The van der Waals surface area contributed by atoms with Crippen LogP contribution < -0.4 is 4.90 Å². The summed E-state index contributed by atoms with van der Waals surface area (Å²) in [6, 6.07) is 67.3. The zero-order chi connectivity index (χ0) is 34.2. The molecular formula is C49H32N2Se. The number of benzene rings is 8. The van der Waals surface area contributed by atoms with Gasteiger partial charge >= 0.3 is 238 Å². The Kier molecular flexibility index (Phi) is 6.67. The van der Waals surface area contributed by atoms with Crippen molar-refractivity contribution in [1.82, 2.24) is 4.57 Å². The van der Waals surface area contributed by atoms with E-state index in [2.05, 4.69) is 191 Å². The molecule has 0 spiro atoms. The van der Waals surface area contributed by atoms with Crippen LogP contribution in [0, 0.1) is 0 Å². The Morgan fingerprint density at radius 3 is 2.02 bits per heavy atom. The van der Waals surface area contributed by atoms with Crippen LogP contribution in [0.15, 0.2) is 182 Å². The molecule has 11 rings (SSSR count). The molecule has 1 aliphatic carbocycles. The second-order valence-electron chi connectivity index (χ2n) is 13.7.